The van der Waals surface area contributed by atoms with E-state index in [9.17, 15) is 9.90 Å². The standard InChI is InChI=1S/C14H28O4/c1-7-10-11(8-2)14(9-3,12(15)16)18-17-13(4,5)6/h11H,7-10H2,1-6H3,(H,15,16). The molecule has 0 heterocycles. The van der Waals surface area contributed by atoms with Gasteiger partial charge in [0.15, 0.2) is 0 Å². The van der Waals surface area contributed by atoms with Crippen LogP contribution in [0.5, 0.6) is 0 Å². The van der Waals surface area contributed by atoms with Crippen molar-refractivity contribution in [2.45, 2.75) is 78.4 Å². The summed E-state index contributed by atoms with van der Waals surface area (Å²) in [5, 5.41) is 9.54. The van der Waals surface area contributed by atoms with E-state index in [1.807, 2.05) is 34.6 Å². The van der Waals surface area contributed by atoms with Crippen LogP contribution in [0.1, 0.15) is 67.2 Å². The first-order chi connectivity index (χ1) is 8.23. The molecule has 0 aromatic carbocycles. The lowest BCUT2D eigenvalue weighted by Gasteiger charge is -2.36. The second-order valence-electron chi connectivity index (χ2n) is 5.72. The molecule has 0 aliphatic carbocycles. The maximum Gasteiger partial charge on any atom is 0.339 e. The van der Waals surface area contributed by atoms with Crippen LogP contribution in [-0.4, -0.2) is 22.3 Å². The molecule has 108 valence electrons. The molecule has 2 atom stereocenters. The second kappa shape index (κ2) is 7.10. The van der Waals surface area contributed by atoms with Crippen molar-refractivity contribution < 1.29 is 19.7 Å². The fourth-order valence-corrected chi connectivity index (χ4v) is 2.09. The molecule has 1 N–H and O–H groups in total. The van der Waals surface area contributed by atoms with Gasteiger partial charge in [-0.05, 0) is 40.0 Å². The van der Waals surface area contributed by atoms with Crippen molar-refractivity contribution in [3.05, 3.63) is 0 Å². The number of hydrogen-bond donors (Lipinski definition) is 1. The minimum atomic E-state index is -1.24. The maximum atomic E-state index is 11.6. The highest BCUT2D eigenvalue weighted by Crippen LogP contribution is 2.34. The van der Waals surface area contributed by atoms with Crippen LogP contribution in [0, 0.1) is 5.92 Å². The zero-order valence-electron chi connectivity index (χ0n) is 12.6. The van der Waals surface area contributed by atoms with Crippen LogP contribution in [-0.2, 0) is 14.6 Å². The Morgan fingerprint density at radius 1 is 1.17 bits per heavy atom. The Morgan fingerprint density at radius 2 is 1.72 bits per heavy atom. The zero-order valence-corrected chi connectivity index (χ0v) is 12.6. The van der Waals surface area contributed by atoms with Crippen LogP contribution in [0.15, 0.2) is 0 Å². The summed E-state index contributed by atoms with van der Waals surface area (Å²) in [5.74, 6) is -0.970. The molecular formula is C14H28O4. The third-order valence-corrected chi connectivity index (χ3v) is 3.12. The van der Waals surface area contributed by atoms with Gasteiger partial charge in [0.25, 0.3) is 0 Å². The first-order valence-electron chi connectivity index (χ1n) is 6.83. The van der Waals surface area contributed by atoms with Crippen molar-refractivity contribution in [1.29, 1.82) is 0 Å². The number of rotatable bonds is 8. The second-order valence-corrected chi connectivity index (χ2v) is 5.72. The van der Waals surface area contributed by atoms with E-state index in [1.54, 1.807) is 0 Å². The van der Waals surface area contributed by atoms with E-state index < -0.39 is 17.2 Å². The number of carboxylic acids is 1. The molecule has 0 radical (unpaired) electrons. The van der Waals surface area contributed by atoms with Crippen molar-refractivity contribution in [3.8, 4) is 0 Å². The lowest BCUT2D eigenvalue weighted by molar-refractivity contribution is -0.406. The topological polar surface area (TPSA) is 55.8 Å². The molecule has 0 saturated carbocycles. The summed E-state index contributed by atoms with van der Waals surface area (Å²) >= 11 is 0. The van der Waals surface area contributed by atoms with Crippen LogP contribution in [0.3, 0.4) is 0 Å². The van der Waals surface area contributed by atoms with E-state index in [0.717, 1.165) is 19.3 Å². The smallest absolute Gasteiger partial charge is 0.339 e. The Labute approximate surface area is 111 Å². The van der Waals surface area contributed by atoms with Crippen LogP contribution in [0.25, 0.3) is 0 Å². The molecule has 0 aromatic heterocycles. The molecular weight excluding hydrogens is 232 g/mol. The monoisotopic (exact) mass is 260 g/mol. The first-order valence-corrected chi connectivity index (χ1v) is 6.83. The van der Waals surface area contributed by atoms with E-state index in [2.05, 4.69) is 6.92 Å². The van der Waals surface area contributed by atoms with Crippen LogP contribution >= 0.6 is 0 Å². The van der Waals surface area contributed by atoms with Gasteiger partial charge in [0.1, 0.15) is 0 Å². The van der Waals surface area contributed by atoms with Crippen molar-refractivity contribution >= 4 is 5.97 Å². The Hall–Kier alpha value is -0.610. The average Bonchev–Trinajstić information content (AvgIpc) is 2.27. The quantitative estimate of drug-likeness (QED) is 0.533. The average molecular weight is 260 g/mol. The summed E-state index contributed by atoms with van der Waals surface area (Å²) in [6.07, 6.45) is 2.93. The van der Waals surface area contributed by atoms with E-state index in [1.165, 1.54) is 0 Å². The summed E-state index contributed by atoms with van der Waals surface area (Å²) in [5.41, 5.74) is -1.75. The van der Waals surface area contributed by atoms with Crippen molar-refractivity contribution in [2.24, 2.45) is 5.92 Å². The highest BCUT2D eigenvalue weighted by atomic mass is 17.2. The molecule has 0 amide bonds. The maximum absolute atomic E-state index is 11.6. The van der Waals surface area contributed by atoms with Crippen LogP contribution < -0.4 is 0 Å². The van der Waals surface area contributed by atoms with Gasteiger partial charge < -0.3 is 5.11 Å². The van der Waals surface area contributed by atoms with Gasteiger partial charge in [-0.15, -0.1) is 0 Å². The molecule has 0 saturated heterocycles. The van der Waals surface area contributed by atoms with Gasteiger partial charge in [0.05, 0.1) is 5.60 Å². The van der Waals surface area contributed by atoms with Gasteiger partial charge >= 0.3 is 5.97 Å². The molecule has 0 rings (SSSR count). The summed E-state index contributed by atoms with van der Waals surface area (Å²) in [6.45, 7) is 11.4. The van der Waals surface area contributed by atoms with Gasteiger partial charge in [0.2, 0.25) is 5.60 Å². The largest absolute Gasteiger partial charge is 0.479 e. The zero-order chi connectivity index (χ0) is 14.4. The first kappa shape index (κ1) is 17.4. The minimum Gasteiger partial charge on any atom is -0.479 e. The van der Waals surface area contributed by atoms with E-state index >= 15 is 0 Å². The van der Waals surface area contributed by atoms with Crippen LogP contribution in [0.4, 0.5) is 0 Å². The van der Waals surface area contributed by atoms with Crippen molar-refractivity contribution in [2.75, 3.05) is 0 Å². The van der Waals surface area contributed by atoms with Crippen molar-refractivity contribution in [3.63, 3.8) is 0 Å². The summed E-state index contributed by atoms with van der Waals surface area (Å²) < 4.78 is 0. The SMILES string of the molecule is CCCC(CC)C(CC)(OOC(C)(C)C)C(=O)O. The lowest BCUT2D eigenvalue weighted by Crippen LogP contribution is -2.49. The predicted molar refractivity (Wildman–Crippen MR) is 71.3 cm³/mol. The normalized spacial score (nSPS) is 17.2. The molecule has 0 aromatic rings. The number of carbonyl (C=O) groups is 1. The molecule has 0 fully saturated rings. The fraction of sp³-hybridized carbons (Fsp3) is 0.929. The molecule has 0 spiro atoms. The molecule has 4 heteroatoms. The number of hydrogen-bond acceptors (Lipinski definition) is 3. The fourth-order valence-electron chi connectivity index (χ4n) is 2.09. The van der Waals surface area contributed by atoms with E-state index in [4.69, 9.17) is 9.78 Å². The molecule has 0 bridgehead atoms. The third kappa shape index (κ3) is 4.58. The Kier molecular flexibility index (Phi) is 6.86. The Bertz CT molecular complexity index is 257. The molecule has 4 nitrogen and oxygen atoms in total. The van der Waals surface area contributed by atoms with E-state index in [0.29, 0.717) is 6.42 Å². The van der Waals surface area contributed by atoms with Gasteiger partial charge in [-0.25, -0.2) is 14.6 Å². The van der Waals surface area contributed by atoms with Crippen molar-refractivity contribution in [1.82, 2.24) is 0 Å². The lowest BCUT2D eigenvalue weighted by atomic mass is 9.80. The van der Waals surface area contributed by atoms with Crippen LogP contribution in [0.2, 0.25) is 0 Å². The Morgan fingerprint density at radius 3 is 2.00 bits per heavy atom. The van der Waals surface area contributed by atoms with Gasteiger partial charge in [-0.3, -0.25) is 0 Å². The highest BCUT2D eigenvalue weighted by molar-refractivity contribution is 5.77. The highest BCUT2D eigenvalue weighted by Gasteiger charge is 2.46. The molecule has 0 aliphatic heterocycles. The number of carboxylic acid groups (broad SMARTS) is 1. The summed E-state index contributed by atoms with van der Waals surface area (Å²) in [4.78, 5) is 22.3. The Balaban J connectivity index is 5.08. The number of aliphatic carboxylic acids is 1. The summed E-state index contributed by atoms with van der Waals surface area (Å²) in [7, 11) is 0. The molecule has 2 unspecified atom stereocenters. The summed E-state index contributed by atoms with van der Waals surface area (Å²) in [6, 6.07) is 0. The van der Waals surface area contributed by atoms with E-state index in [-0.39, 0.29) is 5.92 Å². The predicted octanol–water partition coefficient (Wildman–Crippen LogP) is 3.79. The van der Waals surface area contributed by atoms with Gasteiger partial charge in [-0.1, -0.05) is 27.2 Å². The molecule has 18 heavy (non-hydrogen) atoms. The molecule has 0 aliphatic rings. The third-order valence-electron chi connectivity index (χ3n) is 3.12. The minimum absolute atomic E-state index is 0.0349. The van der Waals surface area contributed by atoms with Gasteiger partial charge in [0, 0.05) is 5.92 Å². The van der Waals surface area contributed by atoms with Gasteiger partial charge in [-0.2, -0.15) is 0 Å².